The maximum atomic E-state index is 14.3. The van der Waals surface area contributed by atoms with Gasteiger partial charge in [-0.25, -0.2) is 17.9 Å². The summed E-state index contributed by atoms with van der Waals surface area (Å²) in [4.78, 5) is 41.1. The second-order valence-corrected chi connectivity index (χ2v) is 16.1. The normalized spacial score (nSPS) is 15.8. The van der Waals surface area contributed by atoms with E-state index in [2.05, 4.69) is 34.1 Å². The Morgan fingerprint density at radius 2 is 1.63 bits per heavy atom. The number of thioether (sulfide) groups is 2. The van der Waals surface area contributed by atoms with Crippen LogP contribution < -0.4 is 25.0 Å². The third-order valence-corrected chi connectivity index (χ3v) is 11.9. The van der Waals surface area contributed by atoms with Crippen molar-refractivity contribution in [3.8, 4) is 11.5 Å². The predicted octanol–water partition coefficient (Wildman–Crippen LogP) is 5.83. The molecule has 1 unspecified atom stereocenters. The molecule has 3 aromatic carbocycles. The molecule has 0 radical (unpaired) electrons. The number of para-hydroxylation sites is 1. The minimum Gasteiger partial charge on any atom is -0.508 e. The monoisotopic (exact) mass is 772 g/mol. The van der Waals surface area contributed by atoms with E-state index in [1.807, 2.05) is 36.6 Å². The van der Waals surface area contributed by atoms with Crippen molar-refractivity contribution >= 4 is 62.7 Å². The number of hydrogen-bond donors (Lipinski definition) is 5. The van der Waals surface area contributed by atoms with Crippen LogP contribution in [-0.2, 0) is 24.4 Å². The Morgan fingerprint density at radius 1 is 0.981 bits per heavy atom. The molecule has 12 nitrogen and oxygen atoms in total. The standard InChI is InChI=1S/C37H48N4O8S3/c1-5-7-18-37(19-8-6-2)24-41(26-12-10-9-11-13-26)29-20-31(51-4)30(21-32(29)52(47,48)40-37)49-22-33(43)39-34(25-14-16-27(42)17-15-25)35(44)38-28(23-50-3)36(45)46/h9-17,20-21,28,34,40,42H,5-8,18-19,22-24H2,1-4H3,(H,38,44)(H,39,43)(H,45,46)/t28-,34?/m0/s1. The number of carbonyl (C=O) groups is 3. The number of carboxylic acids is 1. The number of nitrogens with one attached hydrogen (secondary N) is 3. The average molecular weight is 773 g/mol. The zero-order chi connectivity index (χ0) is 37.9. The molecule has 3 aromatic rings. The van der Waals surface area contributed by atoms with Gasteiger partial charge in [-0.1, -0.05) is 69.9 Å². The van der Waals surface area contributed by atoms with E-state index in [0.29, 0.717) is 35.5 Å². The second-order valence-electron chi connectivity index (χ2n) is 12.7. The summed E-state index contributed by atoms with van der Waals surface area (Å²) < 4.78 is 37.7. The van der Waals surface area contributed by atoms with Crippen LogP contribution in [0, 0.1) is 0 Å². The Kier molecular flexibility index (Phi) is 14.7. The van der Waals surface area contributed by atoms with Crippen LogP contribution in [-0.4, -0.2) is 79.4 Å². The van der Waals surface area contributed by atoms with E-state index >= 15 is 0 Å². The molecule has 0 saturated heterocycles. The van der Waals surface area contributed by atoms with Crippen molar-refractivity contribution in [1.29, 1.82) is 0 Å². The highest BCUT2D eigenvalue weighted by Gasteiger charge is 2.42. The van der Waals surface area contributed by atoms with Gasteiger partial charge in [-0.15, -0.1) is 11.8 Å². The summed E-state index contributed by atoms with van der Waals surface area (Å²) in [6, 6.07) is 16.0. The van der Waals surface area contributed by atoms with Crippen LogP contribution in [0.5, 0.6) is 11.5 Å². The molecule has 5 N–H and O–H groups in total. The first-order valence-electron chi connectivity index (χ1n) is 17.2. The van der Waals surface area contributed by atoms with Crippen LogP contribution in [0.15, 0.2) is 76.5 Å². The van der Waals surface area contributed by atoms with Crippen molar-refractivity contribution in [2.45, 2.75) is 79.8 Å². The number of anilines is 2. The number of rotatable bonds is 18. The number of unbranched alkanes of at least 4 members (excludes halogenated alkanes) is 2. The summed E-state index contributed by atoms with van der Waals surface area (Å²) in [6.07, 6.45) is 8.40. The molecule has 1 aliphatic heterocycles. The van der Waals surface area contributed by atoms with Crippen molar-refractivity contribution in [2.24, 2.45) is 0 Å². The maximum Gasteiger partial charge on any atom is 0.327 e. The lowest BCUT2D eigenvalue weighted by atomic mass is 9.87. The number of nitrogens with zero attached hydrogens (tertiary/aromatic N) is 1. The van der Waals surface area contributed by atoms with Gasteiger partial charge in [-0.2, -0.15) is 11.8 Å². The van der Waals surface area contributed by atoms with E-state index < -0.39 is 52.0 Å². The van der Waals surface area contributed by atoms with Gasteiger partial charge in [0, 0.05) is 24.1 Å². The lowest BCUT2D eigenvalue weighted by molar-refractivity contribution is -0.141. The Labute approximate surface area is 314 Å². The first-order valence-corrected chi connectivity index (χ1v) is 21.3. The maximum absolute atomic E-state index is 14.3. The quantitative estimate of drug-likeness (QED) is 0.0985. The summed E-state index contributed by atoms with van der Waals surface area (Å²) in [6.45, 7) is 4.03. The van der Waals surface area contributed by atoms with Gasteiger partial charge in [0.1, 0.15) is 28.5 Å². The molecular weight excluding hydrogens is 725 g/mol. The van der Waals surface area contributed by atoms with Gasteiger partial charge in [0.05, 0.1) is 16.1 Å². The SMILES string of the molecule is CCCCC1(CCCC)CN(c2ccccc2)c2cc(SC)c(OCC(=O)NC(C(=O)N[C@@H](CSC)C(=O)O)c3ccc(O)cc3)cc2S(=O)(=O)N1. The van der Waals surface area contributed by atoms with Crippen molar-refractivity contribution in [1.82, 2.24) is 15.4 Å². The van der Waals surface area contributed by atoms with E-state index in [-0.39, 0.29) is 22.1 Å². The number of sulfonamides is 1. The Morgan fingerprint density at radius 3 is 2.21 bits per heavy atom. The summed E-state index contributed by atoms with van der Waals surface area (Å²) in [5.41, 5.74) is 0.928. The van der Waals surface area contributed by atoms with Crippen molar-refractivity contribution in [3.63, 3.8) is 0 Å². The number of carbonyl (C=O) groups excluding carboxylic acids is 2. The molecule has 0 saturated carbocycles. The molecule has 1 aliphatic rings. The van der Waals surface area contributed by atoms with E-state index in [4.69, 9.17) is 4.74 Å². The van der Waals surface area contributed by atoms with Crippen molar-refractivity contribution in [3.05, 3.63) is 72.3 Å². The lowest BCUT2D eigenvalue weighted by Crippen LogP contribution is -2.53. The molecule has 52 heavy (non-hydrogen) atoms. The van der Waals surface area contributed by atoms with Crippen LogP contribution in [0.4, 0.5) is 11.4 Å². The molecular formula is C37H48N4O8S3. The van der Waals surface area contributed by atoms with Crippen LogP contribution in [0.1, 0.15) is 64.0 Å². The zero-order valence-corrected chi connectivity index (χ0v) is 32.3. The molecule has 4 rings (SSSR count). The second kappa shape index (κ2) is 18.7. The van der Waals surface area contributed by atoms with Crippen LogP contribution in [0.3, 0.4) is 0 Å². The van der Waals surface area contributed by atoms with E-state index in [1.165, 1.54) is 53.9 Å². The largest absolute Gasteiger partial charge is 0.508 e. The van der Waals surface area contributed by atoms with Crippen LogP contribution >= 0.6 is 23.5 Å². The Hall–Kier alpha value is -3.92. The summed E-state index contributed by atoms with van der Waals surface area (Å²) >= 11 is 2.58. The number of phenolic OH excluding ortho intramolecular Hbond substituents is 1. The molecule has 2 atom stereocenters. The number of carboxylic acid groups (broad SMARTS) is 1. The van der Waals surface area contributed by atoms with Crippen molar-refractivity contribution < 1.29 is 37.8 Å². The van der Waals surface area contributed by atoms with Crippen LogP contribution in [0.2, 0.25) is 0 Å². The minimum atomic E-state index is -4.07. The Bertz CT molecular complexity index is 1780. The Balaban J connectivity index is 1.68. The number of amides is 2. The van der Waals surface area contributed by atoms with E-state index in [9.17, 15) is 33.0 Å². The fourth-order valence-corrected chi connectivity index (χ4v) is 8.92. The van der Waals surface area contributed by atoms with Gasteiger partial charge in [-0.3, -0.25) is 9.59 Å². The first kappa shape index (κ1) is 40.8. The molecule has 0 bridgehead atoms. The first-order chi connectivity index (χ1) is 24.9. The summed E-state index contributed by atoms with van der Waals surface area (Å²) in [5, 5.41) is 24.5. The zero-order valence-electron chi connectivity index (χ0n) is 29.9. The van der Waals surface area contributed by atoms with Gasteiger partial charge in [0.2, 0.25) is 15.9 Å². The third-order valence-electron chi connectivity index (χ3n) is 8.82. The minimum absolute atomic E-state index is 0.0225. The molecule has 0 spiro atoms. The molecule has 0 aliphatic carbocycles. The third kappa shape index (κ3) is 10.4. The predicted molar refractivity (Wildman–Crippen MR) is 206 cm³/mol. The molecule has 282 valence electrons. The molecule has 0 fully saturated rings. The number of phenols is 1. The van der Waals surface area contributed by atoms with Gasteiger partial charge in [0.15, 0.2) is 6.61 Å². The number of ether oxygens (including phenoxy) is 1. The van der Waals surface area contributed by atoms with E-state index in [0.717, 1.165) is 31.4 Å². The topological polar surface area (TPSA) is 174 Å². The summed E-state index contributed by atoms with van der Waals surface area (Å²) in [7, 11) is -4.07. The average Bonchev–Trinajstić information content (AvgIpc) is 3.22. The number of benzene rings is 3. The smallest absolute Gasteiger partial charge is 0.327 e. The van der Waals surface area contributed by atoms with Crippen molar-refractivity contribution in [2.75, 3.05) is 36.3 Å². The fraction of sp³-hybridized carbons (Fsp3) is 0.432. The van der Waals surface area contributed by atoms with Crippen LogP contribution in [0.25, 0.3) is 0 Å². The molecule has 15 heteroatoms. The number of hydrogen-bond acceptors (Lipinski definition) is 10. The highest BCUT2D eigenvalue weighted by molar-refractivity contribution is 7.98. The van der Waals surface area contributed by atoms with Gasteiger partial charge < -0.3 is 30.5 Å². The fourth-order valence-electron chi connectivity index (χ4n) is 6.15. The number of aliphatic carboxylic acids is 1. The molecule has 2 amide bonds. The van der Waals surface area contributed by atoms with Gasteiger partial charge >= 0.3 is 5.97 Å². The summed E-state index contributed by atoms with van der Waals surface area (Å²) in [5.74, 6) is -2.48. The number of aromatic hydroxyl groups is 1. The van der Waals surface area contributed by atoms with E-state index in [1.54, 1.807) is 12.3 Å². The highest BCUT2D eigenvalue weighted by Crippen LogP contribution is 2.44. The van der Waals surface area contributed by atoms with Gasteiger partial charge in [-0.05, 0) is 61.2 Å². The highest BCUT2D eigenvalue weighted by atomic mass is 32.2. The molecule has 1 heterocycles. The lowest BCUT2D eigenvalue weighted by Gasteiger charge is -2.37. The molecule has 0 aromatic heterocycles. The number of fused-ring (bicyclic) bond motifs is 1. The van der Waals surface area contributed by atoms with Gasteiger partial charge in [0.25, 0.3) is 5.91 Å².